The minimum absolute atomic E-state index is 0.0297. The molecule has 12 nitrogen and oxygen atoms in total. The molecule has 0 spiro atoms. The second kappa shape index (κ2) is 14.7. The summed E-state index contributed by atoms with van der Waals surface area (Å²) in [6.45, 7) is 0.282. The first-order valence-corrected chi connectivity index (χ1v) is 17.8. The van der Waals surface area contributed by atoms with Crippen molar-refractivity contribution in [3.05, 3.63) is 131 Å². The number of hydrogen-bond acceptors (Lipinski definition) is 10. The normalized spacial score (nSPS) is 12.4. The summed E-state index contributed by atoms with van der Waals surface area (Å²) in [6, 6.07) is 32.2. The van der Waals surface area contributed by atoms with E-state index in [9.17, 15) is 4.79 Å². The van der Waals surface area contributed by atoms with Crippen molar-refractivity contribution < 1.29 is 32.2 Å². The van der Waals surface area contributed by atoms with Gasteiger partial charge in [0, 0.05) is 18.7 Å². The number of ketones is 1. The van der Waals surface area contributed by atoms with Gasteiger partial charge in [-0.1, -0.05) is 60.7 Å². The molecule has 0 bridgehead atoms. The molecule has 0 amide bonds. The van der Waals surface area contributed by atoms with Crippen LogP contribution in [0, 0.1) is 0 Å². The molecule has 2 heterocycles. The smallest absolute Gasteiger partial charge is 0.244 e. The van der Waals surface area contributed by atoms with E-state index in [1.54, 1.807) is 82.0 Å². The molecule has 1 aliphatic rings. The Balaban J connectivity index is 1.37. The lowest BCUT2D eigenvalue weighted by molar-refractivity contribution is 0.0961. The van der Waals surface area contributed by atoms with Crippen molar-refractivity contribution in [3.8, 4) is 45.5 Å². The summed E-state index contributed by atoms with van der Waals surface area (Å²) in [6.07, 6.45) is 0. The largest absolute Gasteiger partial charge is 0.497 e. The quantitative estimate of drug-likeness (QED) is 0.139. The number of carbonyl (C=O) groups is 1. The van der Waals surface area contributed by atoms with Crippen LogP contribution in [0.3, 0.4) is 0 Å². The van der Waals surface area contributed by atoms with Crippen LogP contribution in [0.25, 0.3) is 22.5 Å². The van der Waals surface area contributed by atoms with Crippen molar-refractivity contribution in [1.82, 2.24) is 24.5 Å². The lowest BCUT2D eigenvalue weighted by Crippen LogP contribution is -2.31. The second-order valence-corrected chi connectivity index (χ2v) is 13.9. The van der Waals surface area contributed by atoms with Crippen LogP contribution in [0.5, 0.6) is 23.0 Å². The van der Waals surface area contributed by atoms with Crippen LogP contribution >= 0.6 is 0 Å². The molecule has 6 aromatic rings. The number of ether oxygens (including phenoxy) is 4. The summed E-state index contributed by atoms with van der Waals surface area (Å²) in [7, 11) is 0.466. The Morgan fingerprint density at radius 2 is 1.21 bits per heavy atom. The fourth-order valence-corrected chi connectivity index (χ4v) is 7.71. The highest BCUT2D eigenvalue weighted by atomic mass is 32.2. The number of nitrogens with zero attached hydrogens (tertiary/aromatic N) is 5. The number of para-hydroxylation sites is 1. The number of carbonyl (C=O) groups excluding carboxylic acids is 1. The van der Waals surface area contributed by atoms with E-state index in [4.69, 9.17) is 24.0 Å². The first-order valence-electron chi connectivity index (χ1n) is 16.4. The third-order valence-corrected chi connectivity index (χ3v) is 10.6. The molecule has 0 radical (unpaired) electrons. The van der Waals surface area contributed by atoms with Crippen molar-refractivity contribution in [2.75, 3.05) is 27.9 Å². The average molecular weight is 718 g/mol. The number of aromatic nitrogens is 4. The molecule has 5 aromatic carbocycles. The zero-order valence-corrected chi connectivity index (χ0v) is 29.5. The summed E-state index contributed by atoms with van der Waals surface area (Å²) in [4.78, 5) is 14.1. The number of methoxy groups -OCH3 is 3. The number of rotatable bonds is 13. The topological polar surface area (TPSA) is 135 Å². The van der Waals surface area contributed by atoms with Crippen LogP contribution in [0.2, 0.25) is 0 Å². The maximum atomic E-state index is 15.1. The summed E-state index contributed by atoms with van der Waals surface area (Å²) >= 11 is 0. The molecule has 0 saturated heterocycles. The molecule has 13 heteroatoms. The van der Waals surface area contributed by atoms with E-state index in [2.05, 4.69) is 10.3 Å². The molecular formula is C39H35N5O7S. The van der Waals surface area contributed by atoms with Gasteiger partial charge in [0.2, 0.25) is 21.6 Å². The van der Waals surface area contributed by atoms with Crippen LogP contribution in [0.1, 0.15) is 27.0 Å². The van der Waals surface area contributed by atoms with E-state index in [1.165, 1.54) is 9.10 Å². The van der Waals surface area contributed by atoms with Crippen LogP contribution in [0.4, 0.5) is 0 Å². The molecule has 264 valence electrons. The Morgan fingerprint density at radius 3 is 1.79 bits per heavy atom. The first-order chi connectivity index (χ1) is 25.3. The molecule has 0 fully saturated rings. The molecule has 52 heavy (non-hydrogen) atoms. The van der Waals surface area contributed by atoms with Gasteiger partial charge in [0.1, 0.15) is 23.0 Å². The third kappa shape index (κ3) is 6.96. The summed E-state index contributed by atoms with van der Waals surface area (Å²) in [5.74, 6) is 2.34. The Kier molecular flexibility index (Phi) is 9.70. The number of Topliss-reactive ketones (excluding diaryl/α,β-unsaturated/α-hetero) is 1. The Morgan fingerprint density at radius 1 is 0.692 bits per heavy atom. The summed E-state index contributed by atoms with van der Waals surface area (Å²) in [5.41, 5.74) is 4.08. The number of hydrogen-bond donors (Lipinski definition) is 0. The van der Waals surface area contributed by atoms with Crippen LogP contribution in [-0.2, 0) is 29.7 Å². The van der Waals surface area contributed by atoms with Gasteiger partial charge in [-0.2, -0.15) is 9.10 Å². The maximum absolute atomic E-state index is 15.1. The Hall–Kier alpha value is -6.05. The van der Waals surface area contributed by atoms with Crippen molar-refractivity contribution in [1.29, 1.82) is 0 Å². The van der Waals surface area contributed by atoms with E-state index in [0.29, 0.717) is 39.7 Å². The number of sulfonamides is 1. The highest BCUT2D eigenvalue weighted by molar-refractivity contribution is 7.89. The van der Waals surface area contributed by atoms with Gasteiger partial charge in [-0.05, 0) is 76.0 Å². The van der Waals surface area contributed by atoms with E-state index in [-0.39, 0.29) is 48.3 Å². The van der Waals surface area contributed by atoms with Crippen LogP contribution in [-0.4, -0.2) is 66.6 Å². The molecule has 0 unspecified atom stereocenters. The van der Waals surface area contributed by atoms with Gasteiger partial charge >= 0.3 is 0 Å². The Bertz CT molecular complexity index is 2280. The van der Waals surface area contributed by atoms with Gasteiger partial charge in [0.15, 0.2) is 6.61 Å². The van der Waals surface area contributed by atoms with Gasteiger partial charge < -0.3 is 18.9 Å². The predicted molar refractivity (Wildman–Crippen MR) is 193 cm³/mol. The van der Waals surface area contributed by atoms with Crippen molar-refractivity contribution in [2.24, 2.45) is 0 Å². The first kappa shape index (κ1) is 34.4. The van der Waals surface area contributed by atoms with Gasteiger partial charge in [-0.25, -0.2) is 8.42 Å². The third-order valence-electron chi connectivity index (χ3n) is 8.79. The van der Waals surface area contributed by atoms with E-state index < -0.39 is 10.0 Å². The van der Waals surface area contributed by atoms with Gasteiger partial charge in [-0.3, -0.25) is 4.79 Å². The molecule has 0 N–H and O–H groups in total. The Labute approximate surface area is 301 Å². The highest BCUT2D eigenvalue weighted by Crippen LogP contribution is 2.43. The van der Waals surface area contributed by atoms with E-state index >= 15 is 8.42 Å². The maximum Gasteiger partial charge on any atom is 0.244 e. The van der Waals surface area contributed by atoms with Gasteiger partial charge in [-0.15, -0.1) is 10.2 Å². The van der Waals surface area contributed by atoms with Gasteiger partial charge in [0.05, 0.1) is 43.9 Å². The zero-order chi connectivity index (χ0) is 36.2. The molecule has 0 saturated carbocycles. The second-order valence-electron chi connectivity index (χ2n) is 12.0. The SMILES string of the molecule is COc1ccc(CN(Cc2ccc(OC)cc2)S(=O)(=O)c2cccc(-c3cccc4c3OCC4=O)c2-c2nnn(Cc3ccc(OC)cc3)n2)cc1. The average Bonchev–Trinajstić information content (AvgIpc) is 3.81. The molecule has 1 aromatic heterocycles. The zero-order valence-electron chi connectivity index (χ0n) is 28.7. The monoisotopic (exact) mass is 717 g/mol. The fourth-order valence-electron chi connectivity index (χ4n) is 6.08. The molecular weight excluding hydrogens is 683 g/mol. The van der Waals surface area contributed by atoms with Crippen molar-refractivity contribution in [2.45, 2.75) is 24.5 Å². The summed E-state index contributed by atoms with van der Waals surface area (Å²) in [5, 5.41) is 13.4. The standard InChI is InChI=1S/C39H35N5O7S/c1-48-29-16-10-26(11-17-29)22-43(23-27-12-18-30(49-2)19-13-27)52(46,47)36-9-5-6-32(33-7-4-8-34-35(45)25-51-38(33)34)37(36)39-40-42-44(41-39)24-28-14-20-31(50-3)21-15-28/h4-21H,22-25H2,1-3H3. The number of fused-ring (bicyclic) bond motifs is 1. The predicted octanol–water partition coefficient (Wildman–Crippen LogP) is 6.05. The molecule has 1 aliphatic heterocycles. The molecule has 0 aliphatic carbocycles. The highest BCUT2D eigenvalue weighted by Gasteiger charge is 2.33. The van der Waals surface area contributed by atoms with E-state index in [1.807, 2.05) is 48.5 Å². The van der Waals surface area contributed by atoms with Crippen LogP contribution in [0.15, 0.2) is 114 Å². The number of tetrazole rings is 1. The minimum Gasteiger partial charge on any atom is -0.497 e. The fraction of sp³-hybridized carbons (Fsp3) is 0.179. The minimum atomic E-state index is -4.29. The summed E-state index contributed by atoms with van der Waals surface area (Å²) < 4.78 is 53.4. The molecule has 7 rings (SSSR count). The van der Waals surface area contributed by atoms with Crippen LogP contribution < -0.4 is 18.9 Å². The lowest BCUT2D eigenvalue weighted by Gasteiger charge is -2.25. The van der Waals surface area contributed by atoms with E-state index in [0.717, 1.165) is 16.7 Å². The molecule has 0 atom stereocenters. The lowest BCUT2D eigenvalue weighted by atomic mass is 9.96. The van der Waals surface area contributed by atoms with Gasteiger partial charge in [0.25, 0.3) is 0 Å². The van der Waals surface area contributed by atoms with Crippen molar-refractivity contribution >= 4 is 15.8 Å². The number of benzene rings is 5. The van der Waals surface area contributed by atoms with Crippen molar-refractivity contribution in [3.63, 3.8) is 0 Å².